The van der Waals surface area contributed by atoms with E-state index in [1.165, 1.54) is 18.2 Å². The zero-order valence-corrected chi connectivity index (χ0v) is 10.5. The quantitative estimate of drug-likeness (QED) is 0.929. The molecule has 1 N–H and O–H groups in total. The summed E-state index contributed by atoms with van der Waals surface area (Å²) in [6.07, 6.45) is 1.95. The predicted molar refractivity (Wildman–Crippen MR) is 70.2 cm³/mol. The first-order valence-electron chi connectivity index (χ1n) is 6.30. The number of rotatable bonds is 4. The summed E-state index contributed by atoms with van der Waals surface area (Å²) < 4.78 is 19.0. The Balaban J connectivity index is 2.06. The molecular weight excluding hydrogens is 261 g/mol. The molecule has 1 saturated carbocycles. The maximum atomic E-state index is 13.3. The van der Waals surface area contributed by atoms with E-state index < -0.39 is 5.97 Å². The molecule has 5 heteroatoms. The zero-order valence-electron chi connectivity index (χ0n) is 10.5. The Labute approximate surface area is 114 Å². The third kappa shape index (κ3) is 2.61. The van der Waals surface area contributed by atoms with E-state index in [4.69, 9.17) is 9.84 Å². The highest BCUT2D eigenvalue weighted by molar-refractivity contribution is 5.86. The number of carbonyl (C=O) groups is 1. The van der Waals surface area contributed by atoms with E-state index in [9.17, 15) is 9.18 Å². The van der Waals surface area contributed by atoms with Crippen LogP contribution in [-0.4, -0.2) is 22.2 Å². The topological polar surface area (TPSA) is 59.4 Å². The van der Waals surface area contributed by atoms with Crippen molar-refractivity contribution >= 4 is 5.97 Å². The number of nitrogens with zero attached hydrogens (tertiary/aromatic N) is 1. The van der Waals surface area contributed by atoms with Gasteiger partial charge in [0.2, 0.25) is 5.88 Å². The van der Waals surface area contributed by atoms with Crippen molar-refractivity contribution in [3.8, 4) is 17.0 Å². The highest BCUT2D eigenvalue weighted by Crippen LogP contribution is 2.33. The first kappa shape index (κ1) is 12.6. The molecule has 1 aliphatic carbocycles. The molecule has 0 bridgehead atoms. The van der Waals surface area contributed by atoms with Crippen molar-refractivity contribution in [2.45, 2.75) is 18.9 Å². The van der Waals surface area contributed by atoms with Crippen LogP contribution in [0.1, 0.15) is 23.3 Å². The van der Waals surface area contributed by atoms with Crippen LogP contribution in [0.2, 0.25) is 0 Å². The zero-order chi connectivity index (χ0) is 14.1. The van der Waals surface area contributed by atoms with Gasteiger partial charge in [-0.3, -0.25) is 0 Å². The predicted octanol–water partition coefficient (Wildman–Crippen LogP) is 3.13. The van der Waals surface area contributed by atoms with E-state index in [0.717, 1.165) is 12.8 Å². The largest absolute Gasteiger partial charge is 0.477 e. The smallest absolute Gasteiger partial charge is 0.354 e. The minimum atomic E-state index is -1.11. The van der Waals surface area contributed by atoms with Crippen LogP contribution in [0.4, 0.5) is 4.39 Å². The molecule has 1 aromatic carbocycles. The second-order valence-electron chi connectivity index (χ2n) is 4.68. The van der Waals surface area contributed by atoms with E-state index in [0.29, 0.717) is 11.1 Å². The van der Waals surface area contributed by atoms with E-state index in [1.54, 1.807) is 18.2 Å². The van der Waals surface area contributed by atoms with Crippen molar-refractivity contribution in [3.05, 3.63) is 47.9 Å². The number of pyridine rings is 1. The lowest BCUT2D eigenvalue weighted by atomic mass is 10.1. The SMILES string of the molecule is O=C(O)c1ccc(-c2cccc(F)c2)c(OC2CC2)n1. The highest BCUT2D eigenvalue weighted by Gasteiger charge is 2.26. The average Bonchev–Trinajstić information content (AvgIpc) is 3.22. The number of carboxylic acid groups (broad SMARTS) is 1. The molecule has 20 heavy (non-hydrogen) atoms. The monoisotopic (exact) mass is 273 g/mol. The van der Waals surface area contributed by atoms with Gasteiger partial charge in [0, 0.05) is 5.56 Å². The Hall–Kier alpha value is -2.43. The maximum Gasteiger partial charge on any atom is 0.354 e. The Bertz CT molecular complexity index is 668. The molecule has 0 unspecified atom stereocenters. The van der Waals surface area contributed by atoms with E-state index in [2.05, 4.69) is 4.98 Å². The molecule has 2 aromatic rings. The van der Waals surface area contributed by atoms with Crippen molar-refractivity contribution in [1.82, 2.24) is 4.98 Å². The lowest BCUT2D eigenvalue weighted by Gasteiger charge is -2.10. The van der Waals surface area contributed by atoms with Gasteiger partial charge in [0.05, 0.1) is 0 Å². The lowest BCUT2D eigenvalue weighted by molar-refractivity contribution is 0.0689. The van der Waals surface area contributed by atoms with Crippen LogP contribution in [0, 0.1) is 5.82 Å². The van der Waals surface area contributed by atoms with E-state index in [-0.39, 0.29) is 23.5 Å². The van der Waals surface area contributed by atoms with Crippen molar-refractivity contribution in [3.63, 3.8) is 0 Å². The van der Waals surface area contributed by atoms with Gasteiger partial charge in [-0.2, -0.15) is 0 Å². The second-order valence-corrected chi connectivity index (χ2v) is 4.68. The number of aromatic nitrogens is 1. The number of benzene rings is 1. The summed E-state index contributed by atoms with van der Waals surface area (Å²) in [6.45, 7) is 0. The van der Waals surface area contributed by atoms with Crippen molar-refractivity contribution in [2.24, 2.45) is 0 Å². The minimum absolute atomic E-state index is 0.0823. The molecular formula is C15H12FNO3. The number of hydrogen-bond acceptors (Lipinski definition) is 3. The Morgan fingerprint density at radius 2 is 2.10 bits per heavy atom. The van der Waals surface area contributed by atoms with Crippen LogP contribution in [-0.2, 0) is 0 Å². The fourth-order valence-corrected chi connectivity index (χ4v) is 1.87. The van der Waals surface area contributed by atoms with Gasteiger partial charge in [0.1, 0.15) is 11.9 Å². The first-order valence-corrected chi connectivity index (χ1v) is 6.30. The molecule has 3 rings (SSSR count). The van der Waals surface area contributed by atoms with Crippen molar-refractivity contribution in [1.29, 1.82) is 0 Å². The molecule has 0 saturated heterocycles. The third-order valence-corrected chi connectivity index (χ3v) is 3.02. The van der Waals surface area contributed by atoms with Crippen molar-refractivity contribution < 1.29 is 19.0 Å². The van der Waals surface area contributed by atoms with Gasteiger partial charge in [0.25, 0.3) is 0 Å². The summed E-state index contributed by atoms with van der Waals surface area (Å²) in [7, 11) is 0. The molecule has 1 heterocycles. The summed E-state index contributed by atoms with van der Waals surface area (Å²) in [4.78, 5) is 15.0. The molecule has 0 atom stereocenters. The van der Waals surface area contributed by atoms with Gasteiger partial charge >= 0.3 is 5.97 Å². The van der Waals surface area contributed by atoms with Gasteiger partial charge in [-0.15, -0.1) is 0 Å². The summed E-state index contributed by atoms with van der Waals surface area (Å²) in [5.74, 6) is -1.23. The molecule has 0 spiro atoms. The third-order valence-electron chi connectivity index (χ3n) is 3.02. The summed E-state index contributed by atoms with van der Waals surface area (Å²) >= 11 is 0. The summed E-state index contributed by atoms with van der Waals surface area (Å²) in [5, 5.41) is 8.99. The van der Waals surface area contributed by atoms with E-state index >= 15 is 0 Å². The van der Waals surface area contributed by atoms with Gasteiger partial charge in [-0.1, -0.05) is 12.1 Å². The number of hydrogen-bond donors (Lipinski definition) is 1. The fourth-order valence-electron chi connectivity index (χ4n) is 1.87. The molecule has 0 radical (unpaired) electrons. The van der Waals surface area contributed by atoms with Crippen LogP contribution in [0.3, 0.4) is 0 Å². The average molecular weight is 273 g/mol. The van der Waals surface area contributed by atoms with Crippen LogP contribution < -0.4 is 4.74 Å². The Morgan fingerprint density at radius 3 is 2.75 bits per heavy atom. The maximum absolute atomic E-state index is 13.3. The van der Waals surface area contributed by atoms with Gasteiger partial charge in [-0.25, -0.2) is 14.2 Å². The van der Waals surface area contributed by atoms with Crippen molar-refractivity contribution in [2.75, 3.05) is 0 Å². The van der Waals surface area contributed by atoms with Gasteiger partial charge < -0.3 is 9.84 Å². The lowest BCUT2D eigenvalue weighted by Crippen LogP contribution is -2.06. The summed E-state index contributed by atoms with van der Waals surface area (Å²) in [6, 6.07) is 9.05. The summed E-state index contributed by atoms with van der Waals surface area (Å²) in [5.41, 5.74) is 1.13. The number of ether oxygens (including phenoxy) is 1. The molecule has 0 amide bonds. The number of halogens is 1. The van der Waals surface area contributed by atoms with Gasteiger partial charge in [-0.05, 0) is 42.7 Å². The number of aromatic carboxylic acids is 1. The molecule has 102 valence electrons. The Kier molecular flexibility index (Phi) is 3.10. The second kappa shape index (κ2) is 4.92. The molecule has 1 aliphatic rings. The molecule has 4 nitrogen and oxygen atoms in total. The number of carboxylic acids is 1. The first-order chi connectivity index (χ1) is 9.63. The standard InChI is InChI=1S/C15H12FNO3/c16-10-3-1-2-9(8-10)12-6-7-13(15(18)19)17-14(12)20-11-4-5-11/h1-3,6-8,11H,4-5H2,(H,18,19). The molecule has 1 aromatic heterocycles. The Morgan fingerprint density at radius 1 is 1.30 bits per heavy atom. The fraction of sp³-hybridized carbons (Fsp3) is 0.200. The van der Waals surface area contributed by atoms with Crippen LogP contribution in [0.5, 0.6) is 5.88 Å². The van der Waals surface area contributed by atoms with Crippen LogP contribution >= 0.6 is 0 Å². The molecule has 1 fully saturated rings. The van der Waals surface area contributed by atoms with E-state index in [1.807, 2.05) is 0 Å². The normalized spacial score (nSPS) is 14.1. The van der Waals surface area contributed by atoms with Crippen LogP contribution in [0.15, 0.2) is 36.4 Å². The van der Waals surface area contributed by atoms with Gasteiger partial charge in [0.15, 0.2) is 5.69 Å². The minimum Gasteiger partial charge on any atom is -0.477 e. The van der Waals surface area contributed by atoms with Crippen LogP contribution in [0.25, 0.3) is 11.1 Å². The highest BCUT2D eigenvalue weighted by atomic mass is 19.1. The molecule has 0 aliphatic heterocycles.